The lowest BCUT2D eigenvalue weighted by Crippen LogP contribution is -2.28. The molecule has 0 amide bonds. The summed E-state index contributed by atoms with van der Waals surface area (Å²) >= 11 is 5.97. The predicted molar refractivity (Wildman–Crippen MR) is 89.9 cm³/mol. The molecule has 0 atom stereocenters. The molecular weight excluding hydrogens is 338 g/mol. The second-order valence-corrected chi connectivity index (χ2v) is 6.97. The van der Waals surface area contributed by atoms with Crippen molar-refractivity contribution in [3.8, 4) is 11.5 Å². The van der Waals surface area contributed by atoms with Crippen LogP contribution in [0, 0.1) is 6.92 Å². The number of nitrogens with one attached hydrogen (secondary N) is 1. The molecule has 0 saturated heterocycles. The monoisotopic (exact) mass is 355 g/mol. The van der Waals surface area contributed by atoms with Crippen LogP contribution in [-0.2, 0) is 10.0 Å². The van der Waals surface area contributed by atoms with Crippen LogP contribution in [0.5, 0.6) is 11.5 Å². The lowest BCUT2D eigenvalue weighted by Gasteiger charge is -2.12. The summed E-state index contributed by atoms with van der Waals surface area (Å²) in [6.07, 6.45) is 0. The summed E-state index contributed by atoms with van der Waals surface area (Å²) < 4.78 is 37.8. The van der Waals surface area contributed by atoms with Crippen LogP contribution in [-0.4, -0.2) is 28.7 Å². The average molecular weight is 356 g/mol. The van der Waals surface area contributed by atoms with Crippen LogP contribution in [0.4, 0.5) is 0 Å². The zero-order valence-electron chi connectivity index (χ0n) is 12.9. The third-order valence-corrected chi connectivity index (χ3v) is 4.89. The van der Waals surface area contributed by atoms with Crippen LogP contribution < -0.4 is 14.2 Å². The van der Waals surface area contributed by atoms with Crippen molar-refractivity contribution in [3.63, 3.8) is 0 Å². The molecule has 0 radical (unpaired) electrons. The van der Waals surface area contributed by atoms with Crippen LogP contribution in [0.15, 0.2) is 47.4 Å². The predicted octanol–water partition coefficient (Wildman–Crippen LogP) is 3.01. The summed E-state index contributed by atoms with van der Waals surface area (Å²) in [6.45, 7) is 2.10. The third-order valence-electron chi connectivity index (χ3n) is 3.10. The SMILES string of the molecule is COc1ccc(C)cc1S(=O)(=O)NCCOc1ccccc1Cl. The number of hydrogen-bond acceptors (Lipinski definition) is 4. The smallest absolute Gasteiger partial charge is 0.244 e. The number of halogens is 1. The molecule has 0 aliphatic carbocycles. The van der Waals surface area contributed by atoms with Gasteiger partial charge in [0, 0.05) is 6.54 Å². The molecule has 0 unspecified atom stereocenters. The average Bonchev–Trinajstić information content (AvgIpc) is 2.53. The van der Waals surface area contributed by atoms with Crippen molar-refractivity contribution in [2.45, 2.75) is 11.8 Å². The van der Waals surface area contributed by atoms with Crippen molar-refractivity contribution in [2.24, 2.45) is 0 Å². The zero-order valence-corrected chi connectivity index (χ0v) is 14.4. The van der Waals surface area contributed by atoms with Crippen molar-refractivity contribution in [1.29, 1.82) is 0 Å². The maximum absolute atomic E-state index is 12.4. The largest absolute Gasteiger partial charge is 0.495 e. The van der Waals surface area contributed by atoms with Gasteiger partial charge in [0.25, 0.3) is 0 Å². The van der Waals surface area contributed by atoms with Crippen LogP contribution in [0.1, 0.15) is 5.56 Å². The number of para-hydroxylation sites is 1. The Kier molecular flexibility index (Phi) is 5.87. The van der Waals surface area contributed by atoms with Crippen LogP contribution in [0.3, 0.4) is 0 Å². The number of methoxy groups -OCH3 is 1. The number of aryl methyl sites for hydroxylation is 1. The van der Waals surface area contributed by atoms with E-state index >= 15 is 0 Å². The first-order valence-electron chi connectivity index (χ1n) is 6.95. The topological polar surface area (TPSA) is 64.6 Å². The number of hydrogen-bond donors (Lipinski definition) is 1. The minimum absolute atomic E-state index is 0.109. The Morgan fingerprint density at radius 1 is 1.13 bits per heavy atom. The summed E-state index contributed by atoms with van der Waals surface area (Å²) in [6, 6.07) is 12.0. The van der Waals surface area contributed by atoms with Gasteiger partial charge in [-0.25, -0.2) is 13.1 Å². The van der Waals surface area contributed by atoms with Crippen molar-refractivity contribution >= 4 is 21.6 Å². The molecule has 1 N–H and O–H groups in total. The molecule has 2 aromatic carbocycles. The van der Waals surface area contributed by atoms with Gasteiger partial charge in [0.2, 0.25) is 10.0 Å². The van der Waals surface area contributed by atoms with Crippen molar-refractivity contribution in [2.75, 3.05) is 20.3 Å². The summed E-state index contributed by atoms with van der Waals surface area (Å²) in [5.74, 6) is 0.816. The maximum atomic E-state index is 12.4. The molecule has 0 fully saturated rings. The molecule has 0 aromatic heterocycles. The first kappa shape index (κ1) is 17.6. The highest BCUT2D eigenvalue weighted by atomic mass is 35.5. The second kappa shape index (κ2) is 7.68. The Balaban J connectivity index is 2.00. The molecular formula is C16H18ClNO4S. The Hall–Kier alpha value is -1.76. The molecule has 0 bridgehead atoms. The van der Waals surface area contributed by atoms with Crippen LogP contribution in [0.25, 0.3) is 0 Å². The first-order valence-corrected chi connectivity index (χ1v) is 8.82. The fraction of sp³-hybridized carbons (Fsp3) is 0.250. The highest BCUT2D eigenvalue weighted by Crippen LogP contribution is 2.25. The molecule has 0 heterocycles. The molecule has 0 spiro atoms. The molecule has 2 rings (SSSR count). The minimum atomic E-state index is -3.68. The summed E-state index contributed by atoms with van der Waals surface area (Å²) in [5, 5.41) is 0.482. The van der Waals surface area contributed by atoms with Crippen LogP contribution in [0.2, 0.25) is 5.02 Å². The quantitative estimate of drug-likeness (QED) is 0.775. The first-order chi connectivity index (χ1) is 10.9. The summed E-state index contributed by atoms with van der Waals surface area (Å²) in [5.41, 5.74) is 0.832. The van der Waals surface area contributed by atoms with Gasteiger partial charge in [-0.3, -0.25) is 0 Å². The molecule has 0 saturated carbocycles. The Bertz CT molecular complexity index is 777. The van der Waals surface area contributed by atoms with E-state index in [1.54, 1.807) is 42.5 Å². The Morgan fingerprint density at radius 3 is 2.57 bits per heavy atom. The molecule has 2 aromatic rings. The maximum Gasteiger partial charge on any atom is 0.244 e. The van der Waals surface area contributed by atoms with Crippen molar-refractivity contribution < 1.29 is 17.9 Å². The fourth-order valence-corrected chi connectivity index (χ4v) is 3.43. The number of benzene rings is 2. The van der Waals surface area contributed by atoms with Gasteiger partial charge in [-0.05, 0) is 36.8 Å². The van der Waals surface area contributed by atoms with E-state index in [1.807, 2.05) is 6.92 Å². The second-order valence-electron chi connectivity index (χ2n) is 4.83. The Morgan fingerprint density at radius 2 is 1.87 bits per heavy atom. The third kappa shape index (κ3) is 4.60. The Labute approximate surface area is 141 Å². The van der Waals surface area contributed by atoms with Gasteiger partial charge >= 0.3 is 0 Å². The van der Waals surface area contributed by atoms with Gasteiger partial charge in [-0.1, -0.05) is 29.8 Å². The molecule has 5 nitrogen and oxygen atoms in total. The van der Waals surface area contributed by atoms with E-state index < -0.39 is 10.0 Å². The van der Waals surface area contributed by atoms with E-state index in [1.165, 1.54) is 7.11 Å². The summed E-state index contributed by atoms with van der Waals surface area (Å²) in [7, 11) is -2.24. The molecule has 7 heteroatoms. The van der Waals surface area contributed by atoms with E-state index in [2.05, 4.69) is 4.72 Å². The van der Waals surface area contributed by atoms with Gasteiger partial charge in [0.1, 0.15) is 23.0 Å². The van der Waals surface area contributed by atoms with Gasteiger partial charge in [-0.15, -0.1) is 0 Å². The van der Waals surface area contributed by atoms with E-state index in [-0.39, 0.29) is 18.0 Å². The summed E-state index contributed by atoms with van der Waals surface area (Å²) in [4.78, 5) is 0.109. The van der Waals surface area contributed by atoms with Gasteiger partial charge < -0.3 is 9.47 Å². The number of ether oxygens (including phenoxy) is 2. The molecule has 0 aliphatic heterocycles. The highest BCUT2D eigenvalue weighted by Gasteiger charge is 2.19. The van der Waals surface area contributed by atoms with E-state index in [4.69, 9.17) is 21.1 Å². The van der Waals surface area contributed by atoms with Crippen molar-refractivity contribution in [3.05, 3.63) is 53.1 Å². The molecule has 0 aliphatic rings. The number of sulfonamides is 1. The van der Waals surface area contributed by atoms with Crippen LogP contribution >= 0.6 is 11.6 Å². The highest BCUT2D eigenvalue weighted by molar-refractivity contribution is 7.89. The van der Waals surface area contributed by atoms with Gasteiger partial charge in [0.05, 0.1) is 12.1 Å². The van der Waals surface area contributed by atoms with Gasteiger partial charge in [0.15, 0.2) is 0 Å². The van der Waals surface area contributed by atoms with E-state index in [9.17, 15) is 8.42 Å². The van der Waals surface area contributed by atoms with E-state index in [0.717, 1.165) is 5.56 Å². The molecule has 23 heavy (non-hydrogen) atoms. The normalized spacial score (nSPS) is 11.3. The van der Waals surface area contributed by atoms with E-state index in [0.29, 0.717) is 16.5 Å². The standard InChI is InChI=1S/C16H18ClNO4S/c1-12-7-8-15(21-2)16(11-12)23(19,20)18-9-10-22-14-6-4-3-5-13(14)17/h3-8,11,18H,9-10H2,1-2H3. The lowest BCUT2D eigenvalue weighted by atomic mass is 10.2. The lowest BCUT2D eigenvalue weighted by molar-refractivity contribution is 0.323. The zero-order chi connectivity index (χ0) is 16.9. The van der Waals surface area contributed by atoms with Gasteiger partial charge in [-0.2, -0.15) is 0 Å². The minimum Gasteiger partial charge on any atom is -0.495 e. The fourth-order valence-electron chi connectivity index (χ4n) is 1.97. The van der Waals surface area contributed by atoms with Crippen molar-refractivity contribution in [1.82, 2.24) is 4.72 Å². The molecule has 124 valence electrons. The number of rotatable bonds is 7.